The topological polar surface area (TPSA) is 109 Å². The normalized spacial score (nSPS) is 10.9. The molecule has 0 radical (unpaired) electrons. The summed E-state index contributed by atoms with van der Waals surface area (Å²) in [5.74, 6) is -0.361. The van der Waals surface area contributed by atoms with Crippen LogP contribution in [-0.2, 0) is 19.8 Å². The van der Waals surface area contributed by atoms with Crippen LogP contribution < -0.4 is 14.8 Å². The number of rotatable bonds is 13. The molecular weight excluding hydrogens is 562 g/mol. The fourth-order valence-electron chi connectivity index (χ4n) is 4.91. The number of nitrogens with one attached hydrogen (secondary N) is 1. The summed E-state index contributed by atoms with van der Waals surface area (Å²) in [4.78, 5) is 37.3. The van der Waals surface area contributed by atoms with Gasteiger partial charge in [-0.15, -0.1) is 0 Å². The van der Waals surface area contributed by atoms with Gasteiger partial charge in [-0.05, 0) is 65.6 Å². The van der Waals surface area contributed by atoms with Crippen molar-refractivity contribution in [3.05, 3.63) is 130 Å². The molecule has 1 amide bonds. The molecule has 0 spiro atoms. The van der Waals surface area contributed by atoms with Gasteiger partial charge in [-0.3, -0.25) is 4.79 Å². The summed E-state index contributed by atoms with van der Waals surface area (Å²) in [6.07, 6.45) is 0.465. The van der Waals surface area contributed by atoms with Crippen LogP contribution >= 0.6 is 0 Å². The molecule has 44 heavy (non-hydrogen) atoms. The lowest BCUT2D eigenvalue weighted by Crippen LogP contribution is -2.34. The molecule has 0 aliphatic heterocycles. The fourth-order valence-corrected chi connectivity index (χ4v) is 4.91. The molecule has 0 atom stereocenters. The van der Waals surface area contributed by atoms with Crippen LogP contribution in [0.4, 0.5) is 0 Å². The van der Waals surface area contributed by atoms with Gasteiger partial charge in [0.15, 0.2) is 0 Å². The molecule has 0 bridgehead atoms. The first-order chi connectivity index (χ1) is 21.4. The molecule has 0 heterocycles. The highest BCUT2D eigenvalue weighted by molar-refractivity contribution is 6.02. The van der Waals surface area contributed by atoms with Crippen molar-refractivity contribution in [1.29, 1.82) is 0 Å². The molecule has 0 aromatic heterocycles. The Morgan fingerprint density at radius 1 is 0.614 bits per heavy atom. The quantitative estimate of drug-likeness (QED) is 0.124. The Labute approximate surface area is 256 Å². The zero-order chi connectivity index (χ0) is 31.5. The number of carbonyl (C=O) groups excluding carboxylic acids is 3. The largest absolute Gasteiger partial charge is 0.497 e. The summed E-state index contributed by atoms with van der Waals surface area (Å²) in [5.41, 5.74) is 2.00. The predicted molar refractivity (Wildman–Crippen MR) is 164 cm³/mol. The van der Waals surface area contributed by atoms with Gasteiger partial charge in [0.1, 0.15) is 17.1 Å². The molecule has 4 rings (SSSR count). The van der Waals surface area contributed by atoms with Gasteiger partial charge in [-0.2, -0.15) is 0 Å². The Bertz CT molecular complexity index is 1490. The van der Waals surface area contributed by atoms with Crippen LogP contribution in [0.15, 0.2) is 97.1 Å². The molecule has 9 heteroatoms. The molecule has 228 valence electrons. The third kappa shape index (κ3) is 7.07. The lowest BCUT2D eigenvalue weighted by Gasteiger charge is -2.36. The van der Waals surface area contributed by atoms with Crippen LogP contribution in [0.5, 0.6) is 11.5 Å². The summed E-state index contributed by atoms with van der Waals surface area (Å²) >= 11 is 0. The van der Waals surface area contributed by atoms with Crippen LogP contribution in [0, 0.1) is 0 Å². The molecule has 0 fully saturated rings. The minimum atomic E-state index is -0.978. The second kappa shape index (κ2) is 14.8. The highest BCUT2D eigenvalue weighted by Gasteiger charge is 2.37. The number of hydrogen-bond donors (Lipinski definition) is 1. The Morgan fingerprint density at radius 3 is 1.52 bits per heavy atom. The molecule has 4 aromatic rings. The Morgan fingerprint density at radius 2 is 1.07 bits per heavy atom. The second-order valence-corrected chi connectivity index (χ2v) is 9.74. The number of amides is 1. The van der Waals surface area contributed by atoms with Crippen molar-refractivity contribution < 1.29 is 38.1 Å². The summed E-state index contributed by atoms with van der Waals surface area (Å²) in [6, 6.07) is 29.5. The van der Waals surface area contributed by atoms with E-state index in [1.54, 1.807) is 14.2 Å². The van der Waals surface area contributed by atoms with Crippen molar-refractivity contribution in [2.75, 3.05) is 41.6 Å². The number of esters is 2. The zero-order valence-corrected chi connectivity index (χ0v) is 25.1. The van der Waals surface area contributed by atoms with E-state index in [4.69, 9.17) is 23.7 Å². The van der Waals surface area contributed by atoms with Gasteiger partial charge in [0, 0.05) is 12.1 Å². The van der Waals surface area contributed by atoms with Crippen molar-refractivity contribution in [2.45, 2.75) is 12.0 Å². The third-order valence-electron chi connectivity index (χ3n) is 7.14. The van der Waals surface area contributed by atoms with Crippen LogP contribution in [0.2, 0.25) is 0 Å². The van der Waals surface area contributed by atoms with E-state index in [0.717, 1.165) is 28.2 Å². The van der Waals surface area contributed by atoms with Crippen LogP contribution in [0.3, 0.4) is 0 Å². The maximum Gasteiger partial charge on any atom is 0.337 e. The minimum absolute atomic E-state index is 0.0653. The van der Waals surface area contributed by atoms with E-state index in [0.29, 0.717) is 6.42 Å². The average molecular weight is 598 g/mol. The summed E-state index contributed by atoms with van der Waals surface area (Å²) < 4.78 is 27.1. The monoisotopic (exact) mass is 597 g/mol. The molecule has 0 aliphatic carbocycles. The van der Waals surface area contributed by atoms with Crippen molar-refractivity contribution in [3.63, 3.8) is 0 Å². The first-order valence-corrected chi connectivity index (χ1v) is 13.9. The lowest BCUT2D eigenvalue weighted by molar-refractivity contribution is 0.0117. The standard InChI is InChI=1S/C35H35NO8/c1-40-30-15-11-28(12-16-30)35(27-9-6-5-7-10-27,29-13-17-31(41-2)18-14-29)44-20-8-19-36-32(37)24-21-25(33(38)42-3)23-26(22-24)34(39)43-4/h5-7,9-18,21-23H,8,19-20H2,1-4H3,(H,36,37). The molecule has 9 nitrogen and oxygen atoms in total. The second-order valence-electron chi connectivity index (χ2n) is 9.74. The summed E-state index contributed by atoms with van der Waals surface area (Å²) in [6.45, 7) is 0.549. The van der Waals surface area contributed by atoms with Crippen molar-refractivity contribution >= 4 is 17.8 Å². The van der Waals surface area contributed by atoms with E-state index in [1.165, 1.54) is 32.4 Å². The molecule has 0 aliphatic rings. The van der Waals surface area contributed by atoms with Crippen LogP contribution in [-0.4, -0.2) is 59.4 Å². The molecular formula is C35H35NO8. The molecule has 4 aromatic carbocycles. The molecule has 0 unspecified atom stereocenters. The zero-order valence-electron chi connectivity index (χ0n) is 25.1. The van der Waals surface area contributed by atoms with Gasteiger partial charge in [-0.25, -0.2) is 9.59 Å². The smallest absolute Gasteiger partial charge is 0.337 e. The molecule has 1 N–H and O–H groups in total. The van der Waals surface area contributed by atoms with Gasteiger partial charge >= 0.3 is 11.9 Å². The van der Waals surface area contributed by atoms with Crippen molar-refractivity contribution in [2.24, 2.45) is 0 Å². The fraction of sp³-hybridized carbons (Fsp3) is 0.229. The van der Waals surface area contributed by atoms with Gasteiger partial charge in [0.2, 0.25) is 0 Å². The minimum Gasteiger partial charge on any atom is -0.497 e. The number of hydrogen-bond acceptors (Lipinski definition) is 8. The number of benzene rings is 4. The van der Waals surface area contributed by atoms with E-state index in [9.17, 15) is 14.4 Å². The SMILES string of the molecule is COC(=O)c1cc(C(=O)NCCCOC(c2ccccc2)(c2ccc(OC)cc2)c2ccc(OC)cc2)cc(C(=O)OC)c1. The Kier molecular flexibility index (Phi) is 10.7. The maximum atomic E-state index is 13.0. The van der Waals surface area contributed by atoms with Gasteiger partial charge in [0.25, 0.3) is 5.91 Å². The van der Waals surface area contributed by atoms with Crippen molar-refractivity contribution in [3.8, 4) is 11.5 Å². The average Bonchev–Trinajstić information content (AvgIpc) is 3.09. The van der Waals surface area contributed by atoms with E-state index < -0.39 is 23.4 Å². The first kappa shape index (κ1) is 31.8. The van der Waals surface area contributed by atoms with E-state index in [-0.39, 0.29) is 29.8 Å². The number of methoxy groups -OCH3 is 4. The number of carbonyl (C=O) groups is 3. The first-order valence-electron chi connectivity index (χ1n) is 13.9. The van der Waals surface area contributed by atoms with Crippen molar-refractivity contribution in [1.82, 2.24) is 5.32 Å². The molecule has 0 saturated carbocycles. The van der Waals surface area contributed by atoms with E-state index >= 15 is 0 Å². The van der Waals surface area contributed by atoms with Gasteiger partial charge in [-0.1, -0.05) is 54.6 Å². The highest BCUT2D eigenvalue weighted by atomic mass is 16.5. The van der Waals surface area contributed by atoms with Gasteiger partial charge in [0.05, 0.1) is 46.2 Å². The summed E-state index contributed by atoms with van der Waals surface area (Å²) in [7, 11) is 5.69. The molecule has 0 saturated heterocycles. The van der Waals surface area contributed by atoms with Gasteiger partial charge < -0.3 is 29.0 Å². The highest BCUT2D eigenvalue weighted by Crippen LogP contribution is 2.41. The third-order valence-corrected chi connectivity index (χ3v) is 7.14. The lowest BCUT2D eigenvalue weighted by atomic mass is 9.80. The van der Waals surface area contributed by atoms with E-state index in [2.05, 4.69) is 5.32 Å². The Hall–Kier alpha value is -5.15. The Balaban J connectivity index is 1.57. The van der Waals surface area contributed by atoms with E-state index in [1.807, 2.05) is 78.9 Å². The number of ether oxygens (including phenoxy) is 5. The van der Waals surface area contributed by atoms with Crippen LogP contribution in [0.25, 0.3) is 0 Å². The maximum absolute atomic E-state index is 13.0. The summed E-state index contributed by atoms with van der Waals surface area (Å²) in [5, 5.41) is 2.85. The van der Waals surface area contributed by atoms with Crippen LogP contribution in [0.1, 0.15) is 54.2 Å². The predicted octanol–water partition coefficient (Wildman–Crippen LogP) is 5.41.